The van der Waals surface area contributed by atoms with E-state index in [4.69, 9.17) is 4.98 Å². The quantitative estimate of drug-likeness (QED) is 0.313. The van der Waals surface area contributed by atoms with Crippen LogP contribution in [0.15, 0.2) is 94.9 Å². The third kappa shape index (κ3) is 3.62. The van der Waals surface area contributed by atoms with Crippen molar-refractivity contribution in [3.8, 4) is 11.3 Å². The molecule has 0 spiro atoms. The Bertz CT molecular complexity index is 1610. The Morgan fingerprint density at radius 3 is 2.60 bits per heavy atom. The summed E-state index contributed by atoms with van der Waals surface area (Å²) in [7, 11) is 0. The van der Waals surface area contributed by atoms with E-state index in [1.807, 2.05) is 46.8 Å². The number of hydrogen-bond donors (Lipinski definition) is 1. The Labute approximate surface area is 208 Å². The number of pyridine rings is 1. The van der Waals surface area contributed by atoms with Crippen LogP contribution in [0.1, 0.15) is 47.3 Å². The van der Waals surface area contributed by atoms with Crippen LogP contribution in [0.4, 0.5) is 0 Å². The normalized spacial score (nSPS) is 17.1. The molecule has 1 aliphatic carbocycles. The lowest BCUT2D eigenvalue weighted by molar-refractivity contribution is 0.562. The van der Waals surface area contributed by atoms with E-state index < -0.39 is 0 Å². The molecule has 35 heavy (non-hydrogen) atoms. The van der Waals surface area contributed by atoms with Crippen LogP contribution in [0.5, 0.6) is 0 Å². The van der Waals surface area contributed by atoms with Gasteiger partial charge in [0.2, 0.25) is 0 Å². The van der Waals surface area contributed by atoms with Crippen molar-refractivity contribution in [2.45, 2.75) is 36.2 Å². The van der Waals surface area contributed by atoms with Crippen LogP contribution >= 0.6 is 11.8 Å². The molecule has 1 N–H and O–H groups in total. The molecule has 1 unspecified atom stereocenters. The first-order valence-corrected chi connectivity index (χ1v) is 13.2. The van der Waals surface area contributed by atoms with Crippen molar-refractivity contribution in [3.63, 3.8) is 0 Å². The second-order valence-corrected chi connectivity index (χ2v) is 10.6. The fraction of sp³-hybridized carbons (Fsp3) is 0.200. The predicted octanol–water partition coefficient (Wildman–Crippen LogP) is 6.55. The van der Waals surface area contributed by atoms with E-state index >= 15 is 0 Å². The van der Waals surface area contributed by atoms with Gasteiger partial charge in [0.05, 0.1) is 16.9 Å². The molecule has 4 nitrogen and oxygen atoms in total. The average molecular weight is 476 g/mol. The van der Waals surface area contributed by atoms with Crippen molar-refractivity contribution in [1.82, 2.24) is 14.5 Å². The number of thioether (sulfide) groups is 1. The van der Waals surface area contributed by atoms with Crippen LogP contribution in [0, 0.1) is 0 Å². The number of H-pyrrole nitrogens is 1. The fourth-order valence-corrected chi connectivity index (χ4v) is 6.85. The highest BCUT2D eigenvalue weighted by atomic mass is 32.2. The number of aromatic nitrogens is 3. The van der Waals surface area contributed by atoms with Gasteiger partial charge in [0.25, 0.3) is 5.56 Å². The zero-order valence-electron chi connectivity index (χ0n) is 19.3. The van der Waals surface area contributed by atoms with E-state index in [2.05, 4.69) is 59.6 Å². The number of rotatable bonds is 5. The van der Waals surface area contributed by atoms with Crippen molar-refractivity contribution in [3.05, 3.63) is 118 Å². The number of hydrogen-bond acceptors (Lipinski definition) is 3. The van der Waals surface area contributed by atoms with Gasteiger partial charge in [-0.3, -0.25) is 9.36 Å². The molecule has 0 amide bonds. The second-order valence-electron chi connectivity index (χ2n) is 9.56. The van der Waals surface area contributed by atoms with E-state index in [-0.39, 0.29) is 11.6 Å². The first-order chi connectivity index (χ1) is 17.3. The lowest BCUT2D eigenvalue weighted by Gasteiger charge is -2.18. The first kappa shape index (κ1) is 20.8. The van der Waals surface area contributed by atoms with Gasteiger partial charge in [0, 0.05) is 11.8 Å². The van der Waals surface area contributed by atoms with E-state index in [1.165, 1.54) is 40.3 Å². The van der Waals surface area contributed by atoms with Crippen LogP contribution in [-0.2, 0) is 6.42 Å². The Morgan fingerprint density at radius 2 is 1.74 bits per heavy atom. The Hall–Kier alpha value is -3.57. The van der Waals surface area contributed by atoms with Gasteiger partial charge in [-0.05, 0) is 58.2 Å². The zero-order valence-corrected chi connectivity index (χ0v) is 20.1. The Kier molecular flexibility index (Phi) is 4.91. The summed E-state index contributed by atoms with van der Waals surface area (Å²) >= 11 is 1.82. The SMILES string of the molecule is O=c1cc(Cc2cccc3ccccc23)c(C2CC2)c2n1C(c1ncc(-c3ccccc3)[nH]1)CS2. The molecule has 5 aromatic rings. The predicted molar refractivity (Wildman–Crippen MR) is 142 cm³/mol. The third-order valence-corrected chi connectivity index (χ3v) is 8.43. The molecule has 0 radical (unpaired) electrons. The van der Waals surface area contributed by atoms with E-state index in [0.29, 0.717) is 5.92 Å². The highest BCUT2D eigenvalue weighted by Gasteiger charge is 2.36. The number of nitrogens with zero attached hydrogens (tertiary/aromatic N) is 2. The summed E-state index contributed by atoms with van der Waals surface area (Å²) in [6.07, 6.45) is 5.09. The van der Waals surface area contributed by atoms with E-state index in [1.54, 1.807) is 0 Å². The molecule has 5 heteroatoms. The summed E-state index contributed by atoms with van der Waals surface area (Å²) in [6, 6.07) is 27.1. The molecule has 1 fully saturated rings. The maximum absolute atomic E-state index is 13.5. The van der Waals surface area contributed by atoms with Crippen LogP contribution in [0.2, 0.25) is 0 Å². The lowest BCUT2D eigenvalue weighted by atomic mass is 9.95. The molecule has 0 bridgehead atoms. The van der Waals surface area contributed by atoms with Crippen molar-refractivity contribution in [2.24, 2.45) is 0 Å². The van der Waals surface area contributed by atoms with Gasteiger partial charge in [-0.2, -0.15) is 0 Å². The first-order valence-electron chi connectivity index (χ1n) is 12.2. The van der Waals surface area contributed by atoms with Crippen LogP contribution in [0.25, 0.3) is 22.0 Å². The molecule has 1 aliphatic heterocycles. The van der Waals surface area contributed by atoms with Gasteiger partial charge in [0.15, 0.2) is 0 Å². The van der Waals surface area contributed by atoms with Gasteiger partial charge in [-0.1, -0.05) is 72.8 Å². The number of benzene rings is 3. The van der Waals surface area contributed by atoms with Crippen LogP contribution in [0.3, 0.4) is 0 Å². The molecule has 3 heterocycles. The lowest BCUT2D eigenvalue weighted by Crippen LogP contribution is -2.26. The van der Waals surface area contributed by atoms with Crippen molar-refractivity contribution in [2.75, 3.05) is 5.75 Å². The average Bonchev–Trinajstić information content (AvgIpc) is 3.42. The molecule has 1 atom stereocenters. The molecule has 2 aliphatic rings. The minimum atomic E-state index is -0.0657. The summed E-state index contributed by atoms with van der Waals surface area (Å²) in [6.45, 7) is 0. The molecule has 3 aromatic carbocycles. The maximum Gasteiger partial charge on any atom is 0.252 e. The number of aromatic amines is 1. The molecular formula is C30H25N3OS. The number of nitrogens with one attached hydrogen (secondary N) is 1. The molecule has 1 saturated carbocycles. The van der Waals surface area contributed by atoms with Crippen molar-refractivity contribution >= 4 is 22.5 Å². The molecule has 7 rings (SSSR count). The highest BCUT2D eigenvalue weighted by molar-refractivity contribution is 7.99. The van der Waals surface area contributed by atoms with Gasteiger partial charge in [-0.25, -0.2) is 4.98 Å². The minimum Gasteiger partial charge on any atom is -0.340 e. The molecule has 172 valence electrons. The summed E-state index contributed by atoms with van der Waals surface area (Å²) < 4.78 is 2.00. The van der Waals surface area contributed by atoms with Crippen molar-refractivity contribution < 1.29 is 0 Å². The maximum atomic E-state index is 13.5. The van der Waals surface area contributed by atoms with Crippen molar-refractivity contribution in [1.29, 1.82) is 0 Å². The number of imidazole rings is 1. The summed E-state index contributed by atoms with van der Waals surface area (Å²) in [5.74, 6) is 2.25. The standard InChI is InChI=1S/C30H25N3OS/c34-27-16-23(15-22-11-6-10-19-7-4-5-12-24(19)22)28(21-13-14-21)30-33(27)26(18-35-30)29-31-17-25(32-29)20-8-2-1-3-9-20/h1-12,16-17,21,26H,13-15,18H2,(H,31,32). The Morgan fingerprint density at radius 1 is 0.943 bits per heavy atom. The molecule has 0 saturated heterocycles. The summed E-state index contributed by atoms with van der Waals surface area (Å²) in [5, 5.41) is 3.67. The Balaban J connectivity index is 1.30. The summed E-state index contributed by atoms with van der Waals surface area (Å²) in [5.41, 5.74) is 6.04. The smallest absolute Gasteiger partial charge is 0.252 e. The van der Waals surface area contributed by atoms with Gasteiger partial charge in [0.1, 0.15) is 11.9 Å². The van der Waals surface area contributed by atoms with E-state index in [0.717, 1.165) is 34.3 Å². The molecular weight excluding hydrogens is 450 g/mol. The van der Waals surface area contributed by atoms with Crippen LogP contribution in [-0.4, -0.2) is 20.3 Å². The topological polar surface area (TPSA) is 50.7 Å². The third-order valence-electron chi connectivity index (χ3n) is 7.26. The largest absolute Gasteiger partial charge is 0.340 e. The number of fused-ring (bicyclic) bond motifs is 2. The van der Waals surface area contributed by atoms with Gasteiger partial charge < -0.3 is 4.98 Å². The summed E-state index contributed by atoms with van der Waals surface area (Å²) in [4.78, 5) is 21.7. The zero-order chi connectivity index (χ0) is 23.4. The second kappa shape index (κ2) is 8.28. The van der Waals surface area contributed by atoms with Crippen LogP contribution < -0.4 is 5.56 Å². The molecule has 2 aromatic heterocycles. The highest BCUT2D eigenvalue weighted by Crippen LogP contribution is 2.49. The monoisotopic (exact) mass is 475 g/mol. The minimum absolute atomic E-state index is 0.0657. The van der Waals surface area contributed by atoms with E-state index in [9.17, 15) is 4.79 Å². The van der Waals surface area contributed by atoms with Gasteiger partial charge in [-0.15, -0.1) is 11.8 Å². The fourth-order valence-electron chi connectivity index (χ4n) is 5.42. The van der Waals surface area contributed by atoms with Gasteiger partial charge >= 0.3 is 0 Å².